The highest BCUT2D eigenvalue weighted by Crippen LogP contribution is 2.69. The molecule has 1 aromatic carbocycles. The van der Waals surface area contributed by atoms with E-state index in [0.29, 0.717) is 5.41 Å². The molecule has 3 heteroatoms. The van der Waals surface area contributed by atoms with Gasteiger partial charge in [0.15, 0.2) is 0 Å². The van der Waals surface area contributed by atoms with Gasteiger partial charge < -0.3 is 9.47 Å². The number of hydrogen-bond donors (Lipinski definition) is 0. The molecule has 0 saturated heterocycles. The number of carbonyl (C=O) groups excluding carboxylic acids is 1. The Hall–Kier alpha value is -2.29. The number of carbonyl (C=O) groups is 1. The lowest BCUT2D eigenvalue weighted by molar-refractivity contribution is -0.153. The Labute approximate surface area is 262 Å². The van der Waals surface area contributed by atoms with Crippen LogP contribution in [0, 0.1) is 45.8 Å². The Kier molecular flexibility index (Phi) is 9.41. The summed E-state index contributed by atoms with van der Waals surface area (Å²) < 4.78 is 11.4. The van der Waals surface area contributed by atoms with E-state index < -0.39 is 0 Å². The van der Waals surface area contributed by atoms with Crippen LogP contribution in [-0.2, 0) is 9.53 Å². The van der Waals surface area contributed by atoms with Crippen molar-refractivity contribution in [3.8, 4) is 5.75 Å². The molecule has 5 rings (SSSR count). The van der Waals surface area contributed by atoms with Gasteiger partial charge in [0.25, 0.3) is 0 Å². The summed E-state index contributed by atoms with van der Waals surface area (Å²) in [6, 6.07) is 7.73. The number of methoxy groups -OCH3 is 1. The van der Waals surface area contributed by atoms with Crippen molar-refractivity contribution in [1.29, 1.82) is 0 Å². The fourth-order valence-corrected chi connectivity index (χ4v) is 10.7. The lowest BCUT2D eigenvalue weighted by Crippen LogP contribution is -2.55. The molecule has 8 atom stereocenters. The van der Waals surface area contributed by atoms with Crippen LogP contribution in [0.2, 0.25) is 0 Å². The maximum Gasteiger partial charge on any atom is 0.331 e. The molecule has 0 bridgehead atoms. The van der Waals surface area contributed by atoms with Gasteiger partial charge in [-0.3, -0.25) is 0 Å². The molecule has 4 aliphatic carbocycles. The second-order valence-corrected chi connectivity index (χ2v) is 15.9. The molecule has 3 fully saturated rings. The van der Waals surface area contributed by atoms with E-state index in [1.165, 1.54) is 56.9 Å². The fraction of sp³-hybridized carbons (Fsp3) is 0.675. The monoisotopic (exact) mass is 586 g/mol. The first-order valence-electron chi connectivity index (χ1n) is 17.3. The van der Waals surface area contributed by atoms with Crippen molar-refractivity contribution < 1.29 is 14.3 Å². The number of esters is 1. The maximum absolute atomic E-state index is 13.0. The van der Waals surface area contributed by atoms with E-state index in [1.807, 2.05) is 30.3 Å². The summed E-state index contributed by atoms with van der Waals surface area (Å²) in [5.41, 5.74) is 4.54. The van der Waals surface area contributed by atoms with Gasteiger partial charge in [-0.25, -0.2) is 4.79 Å². The van der Waals surface area contributed by atoms with E-state index in [9.17, 15) is 4.79 Å². The van der Waals surface area contributed by atoms with Crippen LogP contribution in [-0.4, -0.2) is 19.2 Å². The molecule has 0 aromatic heterocycles. The number of rotatable bonds is 9. The number of hydrogen-bond acceptors (Lipinski definition) is 3. The maximum atomic E-state index is 13.0. The lowest BCUT2D eigenvalue weighted by Gasteiger charge is -2.61. The van der Waals surface area contributed by atoms with Crippen LogP contribution in [0.1, 0.15) is 118 Å². The molecule has 3 nitrogen and oxygen atoms in total. The highest BCUT2D eigenvalue weighted by molar-refractivity contribution is 5.87. The summed E-state index contributed by atoms with van der Waals surface area (Å²) in [7, 11) is 1.66. The molecule has 236 valence electrons. The Bertz CT molecular complexity index is 1230. The van der Waals surface area contributed by atoms with Crippen LogP contribution >= 0.6 is 0 Å². The van der Waals surface area contributed by atoms with Crippen LogP contribution < -0.4 is 4.74 Å². The molecule has 0 heterocycles. The lowest BCUT2D eigenvalue weighted by atomic mass is 9.44. The zero-order valence-electron chi connectivity index (χ0n) is 28.4. The van der Waals surface area contributed by atoms with E-state index in [-0.39, 0.29) is 22.9 Å². The van der Waals surface area contributed by atoms with Crippen molar-refractivity contribution in [2.45, 2.75) is 119 Å². The molecular weight excluding hydrogens is 528 g/mol. The van der Waals surface area contributed by atoms with Crippen LogP contribution in [0.25, 0.3) is 6.08 Å². The summed E-state index contributed by atoms with van der Waals surface area (Å²) in [4.78, 5) is 13.0. The summed E-state index contributed by atoms with van der Waals surface area (Å²) in [6.45, 7) is 16.9. The first kappa shape index (κ1) is 32.1. The Balaban J connectivity index is 1.26. The van der Waals surface area contributed by atoms with Gasteiger partial charge >= 0.3 is 5.97 Å². The number of allylic oxidation sites excluding steroid dienone is 3. The largest absolute Gasteiger partial charge is 0.497 e. The van der Waals surface area contributed by atoms with Crippen molar-refractivity contribution in [1.82, 2.24) is 0 Å². The molecule has 0 aliphatic heterocycles. The molecule has 1 aromatic rings. The highest BCUT2D eigenvalue weighted by atomic mass is 16.5. The topological polar surface area (TPSA) is 35.5 Å². The number of benzene rings is 1. The van der Waals surface area contributed by atoms with E-state index in [2.05, 4.69) is 60.6 Å². The minimum absolute atomic E-state index is 0.0895. The van der Waals surface area contributed by atoms with Crippen molar-refractivity contribution in [2.24, 2.45) is 45.8 Å². The molecule has 0 amide bonds. The van der Waals surface area contributed by atoms with Gasteiger partial charge in [0.1, 0.15) is 11.9 Å². The van der Waals surface area contributed by atoms with Crippen LogP contribution in [0.3, 0.4) is 0 Å². The quantitative estimate of drug-likeness (QED) is 0.125. The van der Waals surface area contributed by atoms with Crippen molar-refractivity contribution in [3.05, 3.63) is 59.2 Å². The molecule has 0 spiro atoms. The van der Waals surface area contributed by atoms with Gasteiger partial charge in [0.05, 0.1) is 7.11 Å². The predicted molar refractivity (Wildman–Crippen MR) is 179 cm³/mol. The minimum Gasteiger partial charge on any atom is -0.497 e. The van der Waals surface area contributed by atoms with E-state index >= 15 is 0 Å². The van der Waals surface area contributed by atoms with Crippen LogP contribution in [0.15, 0.2) is 53.6 Å². The SMILES string of the molecule is COc1ccc(/C=C/C(=O)OC2CCC3(C)C(=CCC4C3CCC3(C)C(C(C)CCCC=C(C)C)CCC43)C2(C)C)cc1. The van der Waals surface area contributed by atoms with Crippen LogP contribution in [0.5, 0.6) is 5.75 Å². The Morgan fingerprint density at radius 2 is 1.74 bits per heavy atom. The minimum atomic E-state index is -0.243. The summed E-state index contributed by atoms with van der Waals surface area (Å²) in [6.07, 6.45) is 21.2. The number of ether oxygens (including phenoxy) is 2. The van der Waals surface area contributed by atoms with E-state index in [0.717, 1.165) is 53.7 Å². The molecule has 3 saturated carbocycles. The fourth-order valence-electron chi connectivity index (χ4n) is 10.7. The molecule has 0 radical (unpaired) electrons. The second kappa shape index (κ2) is 12.6. The van der Waals surface area contributed by atoms with Crippen molar-refractivity contribution in [2.75, 3.05) is 7.11 Å². The summed E-state index contributed by atoms with van der Waals surface area (Å²) >= 11 is 0. The molecule has 8 unspecified atom stereocenters. The van der Waals surface area contributed by atoms with Gasteiger partial charge in [-0.15, -0.1) is 0 Å². The Morgan fingerprint density at radius 3 is 2.44 bits per heavy atom. The zero-order valence-corrected chi connectivity index (χ0v) is 28.4. The normalized spacial score (nSPS) is 35.3. The third-order valence-electron chi connectivity index (χ3n) is 12.9. The van der Waals surface area contributed by atoms with Crippen LogP contribution in [0.4, 0.5) is 0 Å². The molecule has 4 aliphatic rings. The number of unbranched alkanes of at least 4 members (excludes halogenated alkanes) is 1. The van der Waals surface area contributed by atoms with Gasteiger partial charge in [-0.2, -0.15) is 0 Å². The average Bonchev–Trinajstić information content (AvgIpc) is 3.33. The standard InChI is InChI=1S/C40H58O3/c1-27(2)11-9-10-12-28(3)32-19-20-33-31-18-21-35-38(4,5)36(24-26-40(35,7)34(31)23-25-39(32,33)6)43-37(41)22-15-29-13-16-30(42-8)17-14-29/h11,13-17,21-22,28,31-34,36H,9-10,12,18-20,23-26H2,1-8H3/b22-15+. The molecule has 0 N–H and O–H groups in total. The Morgan fingerprint density at radius 1 is 1.00 bits per heavy atom. The van der Waals surface area contributed by atoms with Gasteiger partial charge in [-0.05, 0) is 136 Å². The molecule has 43 heavy (non-hydrogen) atoms. The summed E-state index contributed by atoms with van der Waals surface area (Å²) in [5, 5.41) is 0. The predicted octanol–water partition coefficient (Wildman–Crippen LogP) is 10.6. The second-order valence-electron chi connectivity index (χ2n) is 15.9. The van der Waals surface area contributed by atoms with Gasteiger partial charge in [0, 0.05) is 11.5 Å². The summed E-state index contributed by atoms with van der Waals surface area (Å²) in [5.74, 6) is 4.68. The van der Waals surface area contributed by atoms with E-state index in [4.69, 9.17) is 9.47 Å². The third kappa shape index (κ3) is 6.16. The van der Waals surface area contributed by atoms with Gasteiger partial charge in [-0.1, -0.05) is 76.5 Å². The first-order valence-corrected chi connectivity index (χ1v) is 17.3. The van der Waals surface area contributed by atoms with Crippen molar-refractivity contribution >= 4 is 12.0 Å². The first-order chi connectivity index (χ1) is 20.4. The van der Waals surface area contributed by atoms with Crippen molar-refractivity contribution in [3.63, 3.8) is 0 Å². The zero-order chi connectivity index (χ0) is 31.0. The smallest absolute Gasteiger partial charge is 0.331 e. The van der Waals surface area contributed by atoms with Gasteiger partial charge in [0.2, 0.25) is 0 Å². The number of fused-ring (bicyclic) bond motifs is 5. The average molecular weight is 587 g/mol. The van der Waals surface area contributed by atoms with E-state index in [1.54, 1.807) is 18.8 Å². The highest BCUT2D eigenvalue weighted by Gasteiger charge is 2.61. The molecular formula is C40H58O3. The third-order valence-corrected chi connectivity index (χ3v) is 12.9.